The summed E-state index contributed by atoms with van der Waals surface area (Å²) in [5, 5.41) is 2.92. The molecule has 0 aromatic heterocycles. The van der Waals surface area contributed by atoms with Crippen LogP contribution in [-0.2, 0) is 11.3 Å². The number of nitrogens with two attached hydrogens (primary N) is 1. The number of hydrogen-bond donors (Lipinski definition) is 2. The Morgan fingerprint density at radius 1 is 1.26 bits per heavy atom. The van der Waals surface area contributed by atoms with Crippen molar-refractivity contribution >= 4 is 24.0 Å². The molecule has 0 aliphatic carbocycles. The van der Waals surface area contributed by atoms with Gasteiger partial charge >= 0.3 is 0 Å². The first-order valence-corrected chi connectivity index (χ1v) is 8.02. The lowest BCUT2D eigenvalue weighted by Gasteiger charge is -2.32. The van der Waals surface area contributed by atoms with Crippen LogP contribution in [0.5, 0.6) is 0 Å². The molecule has 1 fully saturated rings. The van der Waals surface area contributed by atoms with E-state index in [1.54, 1.807) is 0 Å². The highest BCUT2D eigenvalue weighted by atomic mass is 35.5. The zero-order valence-corrected chi connectivity index (χ0v) is 15.1. The molecule has 23 heavy (non-hydrogen) atoms. The molecule has 1 aromatic rings. The predicted molar refractivity (Wildman–Crippen MR) is 97.9 cm³/mol. The third-order valence-electron chi connectivity index (χ3n) is 4.22. The third-order valence-corrected chi connectivity index (χ3v) is 4.22. The molecule has 1 aromatic carbocycles. The van der Waals surface area contributed by atoms with E-state index in [-0.39, 0.29) is 24.2 Å². The van der Waals surface area contributed by atoms with Crippen LogP contribution in [0.2, 0.25) is 0 Å². The van der Waals surface area contributed by atoms with Gasteiger partial charge in [-0.15, -0.1) is 12.4 Å². The minimum atomic E-state index is -0.471. The summed E-state index contributed by atoms with van der Waals surface area (Å²) in [6, 6.07) is 7.58. The van der Waals surface area contributed by atoms with Crippen LogP contribution in [0.3, 0.4) is 0 Å². The van der Waals surface area contributed by atoms with E-state index < -0.39 is 6.04 Å². The fourth-order valence-electron chi connectivity index (χ4n) is 2.54. The zero-order chi connectivity index (χ0) is 16.1. The van der Waals surface area contributed by atoms with Crippen LogP contribution in [0.25, 0.3) is 0 Å². The number of benzene rings is 1. The minimum Gasteiger partial charge on any atom is -0.325 e. The molecule has 1 atom stereocenters. The van der Waals surface area contributed by atoms with Gasteiger partial charge in [0.05, 0.1) is 6.04 Å². The fourth-order valence-corrected chi connectivity index (χ4v) is 2.54. The largest absolute Gasteiger partial charge is 0.325 e. The number of carbonyl (C=O) groups excluding carboxylic acids is 1. The first-order valence-electron chi connectivity index (χ1n) is 8.02. The second kappa shape index (κ2) is 9.23. The molecule has 3 N–H and O–H groups in total. The molecule has 1 aliphatic rings. The fraction of sp³-hybridized carbons (Fsp3) is 0.588. The zero-order valence-electron chi connectivity index (χ0n) is 14.3. The van der Waals surface area contributed by atoms with Gasteiger partial charge in [0, 0.05) is 38.4 Å². The third kappa shape index (κ3) is 6.11. The van der Waals surface area contributed by atoms with Gasteiger partial charge in [0.1, 0.15) is 0 Å². The Hall–Kier alpha value is -1.14. The molecular weight excluding hydrogens is 312 g/mol. The number of likely N-dealkylation sites (N-methyl/N-ethyl adjacent to an activating group) is 1. The van der Waals surface area contributed by atoms with Crippen molar-refractivity contribution in [2.75, 3.05) is 38.5 Å². The molecule has 0 radical (unpaired) electrons. The van der Waals surface area contributed by atoms with Crippen LogP contribution in [0.15, 0.2) is 24.3 Å². The van der Waals surface area contributed by atoms with Crippen molar-refractivity contribution in [2.45, 2.75) is 26.4 Å². The summed E-state index contributed by atoms with van der Waals surface area (Å²) in [6.45, 7) is 9.23. The summed E-state index contributed by atoms with van der Waals surface area (Å²) in [6.07, 6.45) is 0. The van der Waals surface area contributed by atoms with Gasteiger partial charge in [-0.1, -0.05) is 26.0 Å². The average Bonchev–Trinajstić information content (AvgIpc) is 2.49. The predicted octanol–water partition coefficient (Wildman–Crippen LogP) is 1.78. The Balaban J connectivity index is 0.00000264. The maximum absolute atomic E-state index is 12.0. The van der Waals surface area contributed by atoms with Gasteiger partial charge in [0.15, 0.2) is 0 Å². The van der Waals surface area contributed by atoms with Gasteiger partial charge in [-0.3, -0.25) is 9.69 Å². The van der Waals surface area contributed by atoms with Crippen molar-refractivity contribution in [3.05, 3.63) is 29.8 Å². The highest BCUT2D eigenvalue weighted by molar-refractivity contribution is 5.94. The van der Waals surface area contributed by atoms with E-state index in [9.17, 15) is 4.79 Å². The number of anilines is 1. The Morgan fingerprint density at radius 3 is 2.52 bits per heavy atom. The lowest BCUT2D eigenvalue weighted by atomic mass is 10.0. The van der Waals surface area contributed by atoms with Crippen LogP contribution in [-0.4, -0.2) is 55.0 Å². The van der Waals surface area contributed by atoms with Gasteiger partial charge in [0.2, 0.25) is 5.91 Å². The number of carbonyl (C=O) groups is 1. The molecule has 1 aliphatic heterocycles. The van der Waals surface area contributed by atoms with E-state index in [1.807, 2.05) is 32.0 Å². The highest BCUT2D eigenvalue weighted by Gasteiger charge is 2.18. The Labute approximate surface area is 145 Å². The summed E-state index contributed by atoms with van der Waals surface area (Å²) in [5.41, 5.74) is 7.93. The summed E-state index contributed by atoms with van der Waals surface area (Å²) in [4.78, 5) is 16.8. The van der Waals surface area contributed by atoms with Gasteiger partial charge in [-0.25, -0.2) is 0 Å². The van der Waals surface area contributed by atoms with E-state index in [0.717, 1.165) is 38.4 Å². The standard InChI is InChI=1S/C17H28N4O.ClH/c1-13(2)16(18)17(22)19-15-6-4-5-14(11-15)12-21-9-7-20(3)8-10-21;/h4-6,11,13,16H,7-10,12,18H2,1-3H3,(H,19,22);1H/t16-;/m0./s1. The van der Waals surface area contributed by atoms with E-state index in [2.05, 4.69) is 28.2 Å². The SMILES string of the molecule is CC(C)[C@H](N)C(=O)Nc1cccc(CN2CCN(C)CC2)c1.Cl. The van der Waals surface area contributed by atoms with Crippen LogP contribution >= 0.6 is 12.4 Å². The van der Waals surface area contributed by atoms with Crippen LogP contribution < -0.4 is 11.1 Å². The summed E-state index contributed by atoms with van der Waals surface area (Å²) in [5.74, 6) is 0.0141. The molecule has 0 spiro atoms. The van der Waals surface area contributed by atoms with Crippen molar-refractivity contribution < 1.29 is 4.79 Å². The van der Waals surface area contributed by atoms with Gasteiger partial charge in [-0.05, 0) is 30.7 Å². The number of nitrogens with one attached hydrogen (secondary N) is 1. The van der Waals surface area contributed by atoms with Crippen molar-refractivity contribution in [3.8, 4) is 0 Å². The topological polar surface area (TPSA) is 61.6 Å². The normalized spacial score (nSPS) is 17.6. The quantitative estimate of drug-likeness (QED) is 0.857. The smallest absolute Gasteiger partial charge is 0.241 e. The lowest BCUT2D eigenvalue weighted by Crippen LogP contribution is -2.43. The minimum absolute atomic E-state index is 0. The molecule has 1 heterocycles. The summed E-state index contributed by atoms with van der Waals surface area (Å²) >= 11 is 0. The second-order valence-electron chi connectivity index (χ2n) is 6.54. The second-order valence-corrected chi connectivity index (χ2v) is 6.54. The molecule has 130 valence electrons. The van der Waals surface area contributed by atoms with E-state index >= 15 is 0 Å². The molecule has 2 rings (SSSR count). The Morgan fingerprint density at radius 2 is 1.91 bits per heavy atom. The molecule has 1 saturated heterocycles. The number of hydrogen-bond acceptors (Lipinski definition) is 4. The summed E-state index contributed by atoms with van der Waals surface area (Å²) in [7, 11) is 2.16. The number of rotatable bonds is 5. The number of piperazine rings is 1. The monoisotopic (exact) mass is 340 g/mol. The maximum Gasteiger partial charge on any atom is 0.241 e. The Bertz CT molecular complexity index is 501. The van der Waals surface area contributed by atoms with Gasteiger partial charge < -0.3 is 16.0 Å². The van der Waals surface area contributed by atoms with Crippen molar-refractivity contribution in [3.63, 3.8) is 0 Å². The first kappa shape index (κ1) is 19.9. The number of halogens is 1. The van der Waals surface area contributed by atoms with E-state index in [1.165, 1.54) is 5.56 Å². The average molecular weight is 341 g/mol. The van der Waals surface area contributed by atoms with E-state index in [4.69, 9.17) is 5.73 Å². The molecule has 0 saturated carbocycles. The van der Waals surface area contributed by atoms with Crippen LogP contribution in [0, 0.1) is 5.92 Å². The van der Waals surface area contributed by atoms with Crippen LogP contribution in [0.1, 0.15) is 19.4 Å². The van der Waals surface area contributed by atoms with Crippen molar-refractivity contribution in [1.82, 2.24) is 9.80 Å². The van der Waals surface area contributed by atoms with Crippen LogP contribution in [0.4, 0.5) is 5.69 Å². The molecule has 0 unspecified atom stereocenters. The molecular formula is C17H29ClN4O. The molecule has 5 nitrogen and oxygen atoms in total. The first-order chi connectivity index (χ1) is 10.5. The maximum atomic E-state index is 12.0. The van der Waals surface area contributed by atoms with E-state index in [0.29, 0.717) is 0 Å². The highest BCUT2D eigenvalue weighted by Crippen LogP contribution is 2.14. The number of nitrogens with zero attached hydrogens (tertiary/aromatic N) is 2. The van der Waals surface area contributed by atoms with Gasteiger partial charge in [0.25, 0.3) is 0 Å². The number of amides is 1. The molecule has 1 amide bonds. The summed E-state index contributed by atoms with van der Waals surface area (Å²) < 4.78 is 0. The van der Waals surface area contributed by atoms with Crippen molar-refractivity contribution in [1.29, 1.82) is 0 Å². The van der Waals surface area contributed by atoms with Gasteiger partial charge in [-0.2, -0.15) is 0 Å². The Kier molecular flexibility index (Phi) is 7.99. The van der Waals surface area contributed by atoms with Crippen molar-refractivity contribution in [2.24, 2.45) is 11.7 Å². The molecule has 0 bridgehead atoms. The molecule has 6 heteroatoms. The lowest BCUT2D eigenvalue weighted by molar-refractivity contribution is -0.118.